The normalized spacial score (nSPS) is 19.1. The van der Waals surface area contributed by atoms with Crippen molar-refractivity contribution in [1.82, 2.24) is 14.8 Å². The van der Waals surface area contributed by atoms with Crippen molar-refractivity contribution >= 4 is 22.5 Å². The van der Waals surface area contributed by atoms with Crippen molar-refractivity contribution in [3.63, 3.8) is 0 Å². The Bertz CT molecular complexity index is 466. The van der Waals surface area contributed by atoms with E-state index in [0.29, 0.717) is 0 Å². The summed E-state index contributed by atoms with van der Waals surface area (Å²) in [6, 6.07) is 0.339. The van der Waals surface area contributed by atoms with Gasteiger partial charge in [-0.25, -0.2) is 9.78 Å². The van der Waals surface area contributed by atoms with Gasteiger partial charge < -0.3 is 14.7 Å². The Morgan fingerprint density at radius 2 is 2.05 bits per heavy atom. The third-order valence-corrected chi connectivity index (χ3v) is 5.05. The monoisotopic (exact) mass is 296 g/mol. The van der Waals surface area contributed by atoms with E-state index in [1.54, 1.807) is 30.3 Å². The quantitative estimate of drug-likeness (QED) is 0.841. The van der Waals surface area contributed by atoms with Gasteiger partial charge in [0.05, 0.1) is 11.7 Å². The fourth-order valence-electron chi connectivity index (χ4n) is 2.51. The minimum Gasteiger partial charge on any atom is -0.346 e. The fraction of sp³-hybridized carbons (Fsp3) is 0.714. The van der Waals surface area contributed by atoms with Crippen LogP contribution in [0.4, 0.5) is 9.93 Å². The van der Waals surface area contributed by atoms with E-state index in [4.69, 9.17) is 0 Å². The number of thiazole rings is 1. The van der Waals surface area contributed by atoms with Crippen molar-refractivity contribution < 1.29 is 4.79 Å². The zero-order valence-electron chi connectivity index (χ0n) is 13.0. The highest BCUT2D eigenvalue weighted by atomic mass is 32.1. The van der Waals surface area contributed by atoms with E-state index in [1.807, 2.05) is 11.9 Å². The number of rotatable bonds is 2. The highest BCUT2D eigenvalue weighted by Crippen LogP contribution is 2.28. The largest absolute Gasteiger partial charge is 0.346 e. The van der Waals surface area contributed by atoms with Crippen LogP contribution in [-0.2, 0) is 0 Å². The molecule has 1 aliphatic rings. The molecular weight excluding hydrogens is 272 g/mol. The molecule has 0 aliphatic carbocycles. The van der Waals surface area contributed by atoms with E-state index >= 15 is 0 Å². The maximum atomic E-state index is 12.1. The van der Waals surface area contributed by atoms with Crippen molar-refractivity contribution in [2.45, 2.75) is 32.7 Å². The number of piperidine rings is 1. The van der Waals surface area contributed by atoms with Gasteiger partial charge in [-0.3, -0.25) is 0 Å². The number of carbonyl (C=O) groups excluding carboxylic acids is 1. The second kappa shape index (κ2) is 5.99. The number of hydrogen-bond acceptors (Lipinski definition) is 4. The molecule has 1 fully saturated rings. The van der Waals surface area contributed by atoms with Crippen LogP contribution in [-0.4, -0.2) is 61.1 Å². The number of nitrogens with zero attached hydrogens (tertiary/aromatic N) is 4. The Labute approximate surface area is 125 Å². The summed E-state index contributed by atoms with van der Waals surface area (Å²) in [5.74, 6) is 0. The molecule has 1 aromatic rings. The molecule has 112 valence electrons. The Morgan fingerprint density at radius 3 is 2.60 bits per heavy atom. The third kappa shape index (κ3) is 3.06. The summed E-state index contributed by atoms with van der Waals surface area (Å²) in [6.07, 6.45) is 2.17. The van der Waals surface area contributed by atoms with Crippen LogP contribution in [0.3, 0.4) is 0 Å². The summed E-state index contributed by atoms with van der Waals surface area (Å²) in [4.78, 5) is 23.8. The molecule has 1 unspecified atom stereocenters. The molecule has 0 saturated carbocycles. The van der Waals surface area contributed by atoms with E-state index in [1.165, 1.54) is 4.88 Å². The first-order chi connectivity index (χ1) is 9.40. The lowest BCUT2D eigenvalue weighted by Crippen LogP contribution is -2.51. The van der Waals surface area contributed by atoms with Gasteiger partial charge in [-0.1, -0.05) is 0 Å². The van der Waals surface area contributed by atoms with Gasteiger partial charge in [-0.2, -0.15) is 0 Å². The summed E-state index contributed by atoms with van der Waals surface area (Å²) < 4.78 is 0. The van der Waals surface area contributed by atoms with Crippen LogP contribution in [0, 0.1) is 13.8 Å². The highest BCUT2D eigenvalue weighted by molar-refractivity contribution is 7.15. The van der Waals surface area contributed by atoms with Crippen LogP contribution in [0.25, 0.3) is 0 Å². The van der Waals surface area contributed by atoms with Crippen molar-refractivity contribution in [3.05, 3.63) is 10.6 Å². The lowest BCUT2D eigenvalue weighted by atomic mass is 10.1. The van der Waals surface area contributed by atoms with Crippen LogP contribution in [0.15, 0.2) is 0 Å². The van der Waals surface area contributed by atoms with Gasteiger partial charge in [0.15, 0.2) is 5.13 Å². The molecule has 1 aromatic heterocycles. The molecule has 0 N–H and O–H groups in total. The summed E-state index contributed by atoms with van der Waals surface area (Å²) in [7, 11) is 5.49. The molecule has 2 heterocycles. The molecule has 6 heteroatoms. The molecule has 0 aromatic carbocycles. The van der Waals surface area contributed by atoms with Crippen LogP contribution < -0.4 is 4.90 Å². The van der Waals surface area contributed by atoms with Gasteiger partial charge in [0.25, 0.3) is 0 Å². The smallest absolute Gasteiger partial charge is 0.319 e. The summed E-state index contributed by atoms with van der Waals surface area (Å²) >= 11 is 1.75. The maximum Gasteiger partial charge on any atom is 0.319 e. The minimum absolute atomic E-state index is 0.0725. The Balaban J connectivity index is 2.07. The van der Waals surface area contributed by atoms with Crippen molar-refractivity contribution in [1.29, 1.82) is 0 Å². The Kier molecular flexibility index (Phi) is 4.52. The van der Waals surface area contributed by atoms with Crippen LogP contribution in [0.5, 0.6) is 0 Å². The molecule has 1 saturated heterocycles. The zero-order valence-corrected chi connectivity index (χ0v) is 13.8. The van der Waals surface area contributed by atoms with Gasteiger partial charge in [0.2, 0.25) is 0 Å². The number of carbonyl (C=O) groups is 1. The van der Waals surface area contributed by atoms with Gasteiger partial charge >= 0.3 is 6.03 Å². The maximum absolute atomic E-state index is 12.1. The van der Waals surface area contributed by atoms with E-state index in [2.05, 4.69) is 23.7 Å². The molecule has 1 aliphatic heterocycles. The molecule has 2 amide bonds. The topological polar surface area (TPSA) is 39.7 Å². The van der Waals surface area contributed by atoms with Crippen LogP contribution >= 0.6 is 11.3 Å². The number of urea groups is 1. The minimum atomic E-state index is 0.0725. The highest BCUT2D eigenvalue weighted by Gasteiger charge is 2.28. The molecular formula is C14H24N4OS. The number of amides is 2. The van der Waals surface area contributed by atoms with Crippen LogP contribution in [0.2, 0.25) is 0 Å². The number of hydrogen-bond donors (Lipinski definition) is 0. The van der Waals surface area contributed by atoms with E-state index in [9.17, 15) is 4.79 Å². The van der Waals surface area contributed by atoms with Crippen LogP contribution in [0.1, 0.15) is 23.4 Å². The summed E-state index contributed by atoms with van der Waals surface area (Å²) in [5, 5.41) is 1.09. The van der Waals surface area contributed by atoms with Gasteiger partial charge in [-0.05, 0) is 26.7 Å². The van der Waals surface area contributed by atoms with Crippen molar-refractivity contribution in [2.24, 2.45) is 0 Å². The number of likely N-dealkylation sites (N-methyl/N-ethyl adjacent to an activating group) is 1. The molecule has 20 heavy (non-hydrogen) atoms. The fourth-order valence-corrected chi connectivity index (χ4v) is 3.45. The predicted octanol–water partition coefficient (Wildman–Crippen LogP) is 2.34. The Hall–Kier alpha value is -1.30. The molecule has 0 radical (unpaired) electrons. The first kappa shape index (κ1) is 15.1. The second-order valence-corrected chi connectivity index (χ2v) is 6.85. The lowest BCUT2D eigenvalue weighted by Gasteiger charge is -2.38. The summed E-state index contributed by atoms with van der Waals surface area (Å²) in [5.41, 5.74) is 1.12. The second-order valence-electron chi connectivity index (χ2n) is 5.67. The molecule has 0 bridgehead atoms. The van der Waals surface area contributed by atoms with E-state index < -0.39 is 0 Å². The van der Waals surface area contributed by atoms with Gasteiger partial charge in [0.1, 0.15) is 0 Å². The predicted molar refractivity (Wildman–Crippen MR) is 83.7 cm³/mol. The average Bonchev–Trinajstić information content (AvgIpc) is 2.77. The first-order valence-corrected chi connectivity index (χ1v) is 7.85. The van der Waals surface area contributed by atoms with Gasteiger partial charge in [0, 0.05) is 39.1 Å². The molecule has 0 spiro atoms. The lowest BCUT2D eigenvalue weighted by molar-refractivity contribution is 0.157. The molecule has 2 rings (SSSR count). The Morgan fingerprint density at radius 1 is 1.35 bits per heavy atom. The van der Waals surface area contributed by atoms with E-state index in [-0.39, 0.29) is 12.1 Å². The molecule has 5 nitrogen and oxygen atoms in total. The first-order valence-electron chi connectivity index (χ1n) is 7.03. The number of aryl methyl sites for hydroxylation is 2. The average molecular weight is 296 g/mol. The molecule has 1 atom stereocenters. The number of aromatic nitrogens is 1. The SMILES string of the molecule is Cc1nc(N2CCCC(N(C)C(=O)N(C)C)C2)sc1C. The summed E-state index contributed by atoms with van der Waals surface area (Å²) in [6.45, 7) is 6.08. The van der Waals surface area contributed by atoms with Crippen molar-refractivity contribution in [3.8, 4) is 0 Å². The zero-order chi connectivity index (χ0) is 14.9. The third-order valence-electron chi connectivity index (χ3n) is 3.92. The number of anilines is 1. The van der Waals surface area contributed by atoms with Crippen molar-refractivity contribution in [2.75, 3.05) is 39.1 Å². The van der Waals surface area contributed by atoms with Gasteiger partial charge in [-0.15, -0.1) is 11.3 Å². The van der Waals surface area contributed by atoms with E-state index in [0.717, 1.165) is 36.8 Å². The standard InChI is InChI=1S/C14H24N4OS/c1-10-11(2)20-13(15-10)18-8-6-7-12(9-18)17(5)14(19)16(3)4/h12H,6-9H2,1-5H3.